The molecule has 0 saturated carbocycles. The Morgan fingerprint density at radius 3 is 2.44 bits per heavy atom. The van der Waals surface area contributed by atoms with Crippen molar-refractivity contribution in [2.75, 3.05) is 30.9 Å². The lowest BCUT2D eigenvalue weighted by Crippen LogP contribution is -2.17. The summed E-state index contributed by atoms with van der Waals surface area (Å²) in [5.74, 6) is 0.888. The molecule has 6 heteroatoms. The van der Waals surface area contributed by atoms with E-state index >= 15 is 0 Å². The number of nitrogens with one attached hydrogen (secondary N) is 2. The summed E-state index contributed by atoms with van der Waals surface area (Å²) < 4.78 is 10.8. The molecule has 2 aromatic carbocycles. The largest absolute Gasteiger partial charge is 0.506 e. The van der Waals surface area contributed by atoms with E-state index < -0.39 is 0 Å². The molecule has 3 N–H and O–H groups in total. The second kappa shape index (κ2) is 8.39. The summed E-state index contributed by atoms with van der Waals surface area (Å²) in [4.78, 5) is 11.6. The van der Waals surface area contributed by atoms with Crippen molar-refractivity contribution in [1.29, 1.82) is 0 Å². The van der Waals surface area contributed by atoms with Crippen LogP contribution < -0.4 is 15.4 Å². The zero-order valence-electron chi connectivity index (χ0n) is 15.0. The molecule has 0 spiro atoms. The Labute approximate surface area is 147 Å². The van der Waals surface area contributed by atoms with E-state index in [-0.39, 0.29) is 24.0 Å². The van der Waals surface area contributed by atoms with Crippen LogP contribution in [-0.4, -0.2) is 31.3 Å². The normalized spacial score (nSPS) is 10.4. The van der Waals surface area contributed by atoms with Crippen molar-refractivity contribution < 1.29 is 19.4 Å². The molecule has 0 unspecified atom stereocenters. The third kappa shape index (κ3) is 4.87. The first-order valence-corrected chi connectivity index (χ1v) is 8.09. The van der Waals surface area contributed by atoms with Crippen molar-refractivity contribution >= 4 is 17.3 Å². The van der Waals surface area contributed by atoms with E-state index in [4.69, 9.17) is 9.47 Å². The summed E-state index contributed by atoms with van der Waals surface area (Å²) >= 11 is 0. The highest BCUT2D eigenvalue weighted by molar-refractivity contribution is 5.93. The number of hydrogen-bond donors (Lipinski definition) is 3. The Kier molecular flexibility index (Phi) is 6.25. The number of hydrogen-bond acceptors (Lipinski definition) is 5. The van der Waals surface area contributed by atoms with Crippen LogP contribution in [0.5, 0.6) is 17.2 Å². The van der Waals surface area contributed by atoms with Gasteiger partial charge in [0.1, 0.15) is 23.9 Å². The van der Waals surface area contributed by atoms with Gasteiger partial charge in [0, 0.05) is 25.4 Å². The first kappa shape index (κ1) is 18.6. The molecular formula is C19H24N2O4. The molecular weight excluding hydrogens is 320 g/mol. The maximum atomic E-state index is 11.6. The minimum Gasteiger partial charge on any atom is -0.506 e. The molecule has 25 heavy (non-hydrogen) atoms. The highest BCUT2D eigenvalue weighted by atomic mass is 16.5. The topological polar surface area (TPSA) is 79.8 Å². The van der Waals surface area contributed by atoms with Crippen LogP contribution >= 0.6 is 0 Å². The molecule has 2 aromatic rings. The van der Waals surface area contributed by atoms with Gasteiger partial charge in [-0.25, -0.2) is 0 Å². The highest BCUT2D eigenvalue weighted by Gasteiger charge is 2.11. The summed E-state index contributed by atoms with van der Waals surface area (Å²) in [5, 5.41) is 15.8. The number of aryl methyl sites for hydroxylation is 2. The van der Waals surface area contributed by atoms with Crippen LogP contribution in [0.1, 0.15) is 18.1 Å². The van der Waals surface area contributed by atoms with Crippen molar-refractivity contribution in [2.24, 2.45) is 0 Å². The number of amides is 1. The second-order valence-electron chi connectivity index (χ2n) is 5.73. The van der Waals surface area contributed by atoms with Crippen molar-refractivity contribution in [3.8, 4) is 17.2 Å². The molecule has 0 heterocycles. The lowest BCUT2D eigenvalue weighted by molar-refractivity contribution is -0.119. The lowest BCUT2D eigenvalue weighted by atomic mass is 10.1. The minimum absolute atomic E-state index is 0.0345. The summed E-state index contributed by atoms with van der Waals surface area (Å²) in [5.41, 5.74) is 3.31. The smallest absolute Gasteiger partial charge is 0.250 e. The number of carbonyl (C=O) groups is 1. The van der Waals surface area contributed by atoms with Gasteiger partial charge in [0.15, 0.2) is 0 Å². The first-order valence-electron chi connectivity index (χ1n) is 8.09. The third-order valence-electron chi connectivity index (χ3n) is 3.58. The molecule has 0 atom stereocenters. The van der Waals surface area contributed by atoms with Gasteiger partial charge in [-0.3, -0.25) is 4.79 Å². The van der Waals surface area contributed by atoms with Gasteiger partial charge in [-0.15, -0.1) is 0 Å². The predicted octanol–water partition coefficient (Wildman–Crippen LogP) is 3.82. The average molecular weight is 344 g/mol. The first-order chi connectivity index (χ1) is 11.9. The molecule has 0 aromatic heterocycles. The van der Waals surface area contributed by atoms with E-state index in [1.54, 1.807) is 12.1 Å². The maximum Gasteiger partial charge on any atom is 0.250 e. The lowest BCUT2D eigenvalue weighted by Gasteiger charge is -2.15. The summed E-state index contributed by atoms with van der Waals surface area (Å²) in [6.07, 6.45) is 0. The van der Waals surface area contributed by atoms with Crippen LogP contribution in [0.15, 0.2) is 30.3 Å². The fourth-order valence-corrected chi connectivity index (χ4v) is 2.53. The van der Waals surface area contributed by atoms with E-state index in [0.29, 0.717) is 5.75 Å². The van der Waals surface area contributed by atoms with Crippen molar-refractivity contribution in [1.82, 2.24) is 0 Å². The predicted molar refractivity (Wildman–Crippen MR) is 98.8 cm³/mol. The maximum absolute atomic E-state index is 11.6. The van der Waals surface area contributed by atoms with Gasteiger partial charge in [0.05, 0.1) is 5.69 Å². The molecule has 0 radical (unpaired) electrons. The molecule has 2 rings (SSSR count). The minimum atomic E-state index is -0.350. The Morgan fingerprint density at radius 1 is 1.16 bits per heavy atom. The standard InChI is InChI=1S/C19H24N2O4/c1-5-20-14-8-12(2)19(13(3)9-14)25-15-6-7-17(22)16(10-15)21-18(23)11-24-4/h6-10,20,22H,5,11H2,1-4H3,(H,21,23). The summed E-state index contributed by atoms with van der Waals surface area (Å²) in [6.45, 7) is 6.76. The van der Waals surface area contributed by atoms with Crippen molar-refractivity contribution in [2.45, 2.75) is 20.8 Å². The van der Waals surface area contributed by atoms with Gasteiger partial charge in [-0.1, -0.05) is 0 Å². The van der Waals surface area contributed by atoms with E-state index in [0.717, 1.165) is 29.1 Å². The molecule has 1 amide bonds. The van der Waals surface area contributed by atoms with Crippen LogP contribution in [-0.2, 0) is 9.53 Å². The molecule has 134 valence electrons. The molecule has 0 aliphatic carbocycles. The van der Waals surface area contributed by atoms with Crippen molar-refractivity contribution in [3.05, 3.63) is 41.5 Å². The van der Waals surface area contributed by atoms with E-state index in [1.165, 1.54) is 13.2 Å². The van der Waals surface area contributed by atoms with E-state index in [1.807, 2.05) is 32.9 Å². The average Bonchev–Trinajstić information content (AvgIpc) is 2.54. The van der Waals surface area contributed by atoms with Gasteiger partial charge in [0.25, 0.3) is 0 Å². The Bertz CT molecular complexity index is 736. The fraction of sp³-hybridized carbons (Fsp3) is 0.316. The quantitative estimate of drug-likeness (QED) is 0.666. The van der Waals surface area contributed by atoms with Crippen LogP contribution in [0.25, 0.3) is 0 Å². The molecule has 0 aliphatic rings. The number of anilines is 2. The molecule has 0 saturated heterocycles. The van der Waals surface area contributed by atoms with Crippen LogP contribution in [0.4, 0.5) is 11.4 Å². The van der Waals surface area contributed by atoms with E-state index in [2.05, 4.69) is 10.6 Å². The van der Waals surface area contributed by atoms with E-state index in [9.17, 15) is 9.90 Å². The number of rotatable bonds is 7. The van der Waals surface area contributed by atoms with Gasteiger partial charge in [-0.05, 0) is 56.2 Å². The van der Waals surface area contributed by atoms with Crippen LogP contribution in [0.2, 0.25) is 0 Å². The van der Waals surface area contributed by atoms with Crippen LogP contribution in [0, 0.1) is 13.8 Å². The Balaban J connectivity index is 2.24. The molecule has 6 nitrogen and oxygen atoms in total. The SMILES string of the molecule is CCNc1cc(C)c(Oc2ccc(O)c(NC(=O)COC)c2)c(C)c1. The Morgan fingerprint density at radius 2 is 1.84 bits per heavy atom. The number of benzene rings is 2. The number of aromatic hydroxyl groups is 1. The number of phenolic OH excluding ortho intramolecular Hbond substituents is 1. The van der Waals surface area contributed by atoms with Crippen LogP contribution in [0.3, 0.4) is 0 Å². The molecule has 0 bridgehead atoms. The number of phenols is 1. The summed E-state index contributed by atoms with van der Waals surface area (Å²) in [7, 11) is 1.43. The van der Waals surface area contributed by atoms with Gasteiger partial charge >= 0.3 is 0 Å². The second-order valence-corrected chi connectivity index (χ2v) is 5.73. The fourth-order valence-electron chi connectivity index (χ4n) is 2.53. The number of ether oxygens (including phenoxy) is 2. The zero-order chi connectivity index (χ0) is 18.4. The number of methoxy groups -OCH3 is 1. The Hall–Kier alpha value is -2.73. The zero-order valence-corrected chi connectivity index (χ0v) is 15.0. The van der Waals surface area contributed by atoms with Gasteiger partial charge in [-0.2, -0.15) is 0 Å². The third-order valence-corrected chi connectivity index (χ3v) is 3.58. The van der Waals surface area contributed by atoms with Gasteiger partial charge < -0.3 is 25.2 Å². The molecule has 0 aliphatic heterocycles. The monoisotopic (exact) mass is 344 g/mol. The van der Waals surface area contributed by atoms with Gasteiger partial charge in [0.2, 0.25) is 5.91 Å². The molecule has 0 fully saturated rings. The highest BCUT2D eigenvalue weighted by Crippen LogP contribution is 2.34. The summed E-state index contributed by atoms with van der Waals surface area (Å²) in [6, 6.07) is 8.76. The van der Waals surface area contributed by atoms with Crippen molar-refractivity contribution in [3.63, 3.8) is 0 Å². The number of carbonyl (C=O) groups excluding carboxylic acids is 1.